The molecule has 1 aliphatic carbocycles. The molecule has 6 heterocycles. The third-order valence-electron chi connectivity index (χ3n) is 21.8. The summed E-state index contributed by atoms with van der Waals surface area (Å²) in [5.41, 5.74) is 22.0. The fraction of sp³-hybridized carbons (Fsp3) is 0.277. The number of thiophene rings is 2. The second-order valence-electron chi connectivity index (χ2n) is 33.8. The number of aromatic nitrogens is 6. The van der Waals surface area contributed by atoms with Crippen molar-refractivity contribution < 1.29 is 40.2 Å². The number of fused-ring (bicyclic) bond motifs is 8. The van der Waals surface area contributed by atoms with Crippen LogP contribution in [0.4, 0.5) is 0 Å². The molecule has 0 unspecified atom stereocenters. The SMILES string of the molecule is CC(C)Cc1cc(-c2[c-]cc(C#N)cc2)nc[c]1[Ge]([CH3])([CH3])[CH3].CC(C)c1cccc(C(C)C)c1-n1c(-c2[c-]cc3sc4ccccc4c3c2)nc2ccccc21.CC(C)c1cccc(C(C)C)c1-n1c(-c2[c-]cc3sc4ccccc4c3c2)nc2ccccc21.[CH3][Ge]([CH3])([CH3])[c]1cnc(-c2[c-]cccc2)cc1C1CCCCC1.[Ir].[Ir]. The summed E-state index contributed by atoms with van der Waals surface area (Å²) in [6.07, 6.45) is 12.3. The Morgan fingerprint density at radius 3 is 1.32 bits per heavy atom. The first-order valence-electron chi connectivity index (χ1n) is 40.2. The van der Waals surface area contributed by atoms with Crippen LogP contribution in [0.5, 0.6) is 0 Å². The van der Waals surface area contributed by atoms with Crippen LogP contribution in [0.1, 0.15) is 170 Å². The Morgan fingerprint density at radius 1 is 0.439 bits per heavy atom. The quantitative estimate of drug-likeness (QED) is 0.0754. The summed E-state index contributed by atoms with van der Waals surface area (Å²) in [4.78, 5) is 19.8. The summed E-state index contributed by atoms with van der Waals surface area (Å²) in [5, 5.41) is 14.0. The molecule has 13 heteroatoms. The molecule has 0 aliphatic heterocycles. The van der Waals surface area contributed by atoms with Crippen LogP contribution in [0.2, 0.25) is 34.5 Å². The second kappa shape index (κ2) is 36.9. The number of nitrogens with zero attached hydrogens (tertiary/aromatic N) is 7. The molecule has 114 heavy (non-hydrogen) atoms. The van der Waals surface area contributed by atoms with Crippen molar-refractivity contribution in [1.29, 1.82) is 5.26 Å². The van der Waals surface area contributed by atoms with E-state index in [9.17, 15) is 0 Å². The number of para-hydroxylation sites is 6. The van der Waals surface area contributed by atoms with E-state index in [1.165, 1.54) is 116 Å². The molecule has 1 saturated carbocycles. The summed E-state index contributed by atoms with van der Waals surface area (Å²) < 4.78 is 13.0. The molecule has 2 radical (unpaired) electrons. The zero-order chi connectivity index (χ0) is 78.7. The fourth-order valence-corrected chi connectivity index (χ4v) is 25.0. The molecule has 16 aromatic rings. The van der Waals surface area contributed by atoms with Crippen LogP contribution in [0.25, 0.3) is 119 Å². The van der Waals surface area contributed by atoms with Crippen molar-refractivity contribution >= 4 is 120 Å². The number of hydrogen-bond donors (Lipinski definition) is 0. The molecule has 7 nitrogen and oxygen atoms in total. The Bertz CT molecular complexity index is 5770. The minimum absolute atomic E-state index is 0. The molecule has 0 spiro atoms. The average Bonchev–Trinajstić information content (AvgIpc) is 1.59. The molecule has 0 N–H and O–H groups in total. The van der Waals surface area contributed by atoms with E-state index in [1.807, 2.05) is 46.9 Å². The van der Waals surface area contributed by atoms with Crippen molar-refractivity contribution in [3.63, 3.8) is 0 Å². The van der Waals surface area contributed by atoms with Gasteiger partial charge >= 0.3 is 274 Å². The van der Waals surface area contributed by atoms with Crippen LogP contribution >= 0.6 is 22.7 Å². The zero-order valence-corrected chi connectivity index (χ0v) is 79.3. The minimum atomic E-state index is -1.92. The molecule has 0 amide bonds. The second-order valence-corrected chi connectivity index (χ2v) is 57.2. The molecular weight excluding hydrogens is 1900 g/mol. The molecule has 0 bridgehead atoms. The fourth-order valence-electron chi connectivity index (χ4n) is 16.1. The molecule has 10 aromatic carbocycles. The van der Waals surface area contributed by atoms with Gasteiger partial charge in [0.2, 0.25) is 0 Å². The van der Waals surface area contributed by atoms with Gasteiger partial charge in [0.25, 0.3) is 0 Å². The average molecular weight is 2010 g/mol. The van der Waals surface area contributed by atoms with Gasteiger partial charge in [-0.15, -0.1) is 47.5 Å². The largest absolute Gasteiger partial charge is 0 e. The number of pyridine rings is 2. The van der Waals surface area contributed by atoms with E-state index in [-0.39, 0.29) is 40.2 Å². The van der Waals surface area contributed by atoms with Crippen LogP contribution in [-0.2, 0) is 46.6 Å². The van der Waals surface area contributed by atoms with E-state index < -0.39 is 26.5 Å². The first-order valence-corrected chi connectivity index (χ1v) is 56.5. The summed E-state index contributed by atoms with van der Waals surface area (Å²) in [6.45, 7) is 22.7. The van der Waals surface area contributed by atoms with Crippen molar-refractivity contribution in [2.75, 3.05) is 0 Å². The Labute approximate surface area is 716 Å². The maximum Gasteiger partial charge on any atom is 0 e. The summed E-state index contributed by atoms with van der Waals surface area (Å²) in [7, 11) is 0. The zero-order valence-electron chi connectivity index (χ0n) is 68.7. The Balaban J connectivity index is 0.000000143. The van der Waals surface area contributed by atoms with Crippen LogP contribution < -0.4 is 8.79 Å². The van der Waals surface area contributed by atoms with Gasteiger partial charge in [-0.25, -0.2) is 0 Å². The van der Waals surface area contributed by atoms with Crippen molar-refractivity contribution in [2.45, 2.75) is 172 Å². The maximum atomic E-state index is 8.89. The number of rotatable bonds is 15. The van der Waals surface area contributed by atoms with E-state index in [4.69, 9.17) is 20.2 Å². The van der Waals surface area contributed by atoms with E-state index in [0.29, 0.717) is 35.2 Å². The third-order valence-corrected chi connectivity index (χ3v) is 32.6. The van der Waals surface area contributed by atoms with Gasteiger partial charge in [0, 0.05) is 61.0 Å². The Hall–Kier alpha value is -8.25. The van der Waals surface area contributed by atoms with Gasteiger partial charge in [-0.3, -0.25) is 9.97 Å². The summed E-state index contributed by atoms with van der Waals surface area (Å²) >= 11 is -0.155. The molecule has 0 saturated heterocycles. The predicted molar refractivity (Wildman–Crippen MR) is 485 cm³/mol. The summed E-state index contributed by atoms with van der Waals surface area (Å²) in [6, 6.07) is 90.6. The van der Waals surface area contributed by atoms with Crippen LogP contribution in [0.3, 0.4) is 0 Å². The Morgan fingerprint density at radius 2 is 0.877 bits per heavy atom. The number of hydrogen-bond acceptors (Lipinski definition) is 7. The number of nitriles is 1. The Kier molecular flexibility index (Phi) is 27.6. The predicted octanol–water partition coefficient (Wildman–Crippen LogP) is 27.5. The molecule has 0 atom stereocenters. The van der Waals surface area contributed by atoms with Gasteiger partial charge in [-0.2, -0.15) is 22.7 Å². The maximum absolute atomic E-state index is 8.89. The van der Waals surface area contributed by atoms with Gasteiger partial charge in [-0.1, -0.05) is 163 Å². The van der Waals surface area contributed by atoms with Gasteiger partial charge in [0.05, 0.1) is 33.7 Å². The van der Waals surface area contributed by atoms with Gasteiger partial charge < -0.3 is 9.13 Å². The van der Waals surface area contributed by atoms with Crippen LogP contribution in [-0.4, -0.2) is 55.6 Å². The topological polar surface area (TPSA) is 85.2 Å². The molecule has 6 aromatic heterocycles. The van der Waals surface area contributed by atoms with Crippen molar-refractivity contribution in [3.8, 4) is 62.7 Å². The van der Waals surface area contributed by atoms with Gasteiger partial charge in [0.1, 0.15) is 0 Å². The van der Waals surface area contributed by atoms with Crippen molar-refractivity contribution in [1.82, 2.24) is 29.1 Å². The first-order chi connectivity index (χ1) is 53.9. The molecule has 17 rings (SSSR count). The normalized spacial score (nSPS) is 12.6. The van der Waals surface area contributed by atoms with E-state index in [1.54, 1.807) is 16.0 Å². The number of imidazole rings is 2. The van der Waals surface area contributed by atoms with E-state index in [0.717, 1.165) is 79.7 Å². The smallest absolute Gasteiger partial charge is 0 e. The third kappa shape index (κ3) is 18.4. The number of benzene rings is 10. The van der Waals surface area contributed by atoms with Gasteiger partial charge in [0.15, 0.2) is 0 Å². The first kappa shape index (κ1) is 85.1. The van der Waals surface area contributed by atoms with Crippen LogP contribution in [0, 0.1) is 41.5 Å². The van der Waals surface area contributed by atoms with Crippen LogP contribution in [0.15, 0.2) is 225 Å². The monoisotopic (exact) mass is 2010 g/mol. The van der Waals surface area contributed by atoms with E-state index in [2.05, 4.69) is 343 Å². The van der Waals surface area contributed by atoms with Crippen molar-refractivity contribution in [2.24, 2.45) is 5.92 Å². The molecule has 1 aliphatic rings. The molecular formula is C101H103Ge2Ir2N7S2-4. The summed E-state index contributed by atoms with van der Waals surface area (Å²) in [5.74, 6) is 19.6. The van der Waals surface area contributed by atoms with Crippen molar-refractivity contribution in [3.05, 3.63) is 288 Å². The van der Waals surface area contributed by atoms with E-state index >= 15 is 0 Å². The molecule has 1 fully saturated rings. The van der Waals surface area contributed by atoms with Gasteiger partial charge in [-0.05, 0) is 102 Å². The standard InChI is InChI=1S/2C31H27N2S.C20H26GeN.C19H23GeN2.2Ir/c2*1-19(2)22-11-9-12-23(20(3)4)30(22)33-27-14-7-6-13-26(27)32-31(33)21-16-17-29-25(18-21)24-10-5-8-15-28(24)34-29;1-21(2,3)19-15-22-20(17-12-8-5-9-13-17)14-18(19)16-10-6-4-7-11-16;1-14(2)10-17-11-19(22-13-18(17)20(3,4)5)16-8-6-15(12-21)7-9-16;;/h2*5-15,17-20H,1-4H3;5,8-9,12,14-16H,4,6-7,10-11H2,1-3H3;6-8,11,13-14H,10H2,1-5H3;;/q4*-1;;. The molecule has 584 valence electrons. The minimum Gasteiger partial charge on any atom is 0 e.